The molecule has 3 amide bonds. The lowest BCUT2D eigenvalue weighted by molar-refractivity contribution is -0.144. The maximum absolute atomic E-state index is 12.7. The number of amides is 3. The number of hydrogen-bond acceptors (Lipinski definition) is 6. The summed E-state index contributed by atoms with van der Waals surface area (Å²) in [5.74, 6) is -3.12. The van der Waals surface area contributed by atoms with Gasteiger partial charge in [-0.1, -0.05) is 48.0 Å². The summed E-state index contributed by atoms with van der Waals surface area (Å²) < 4.78 is 0. The van der Waals surface area contributed by atoms with Crippen LogP contribution < -0.4 is 21.7 Å². The molecule has 5 unspecified atom stereocenters. The van der Waals surface area contributed by atoms with Crippen LogP contribution in [0, 0.1) is 17.8 Å². The Kier molecular flexibility index (Phi) is 12.7. The van der Waals surface area contributed by atoms with E-state index in [0.29, 0.717) is 12.8 Å². The molecular formula is C20H38N4O5S. The molecule has 174 valence electrons. The van der Waals surface area contributed by atoms with E-state index in [2.05, 4.69) is 28.6 Å². The molecule has 0 rings (SSSR count). The summed E-state index contributed by atoms with van der Waals surface area (Å²) in [6.45, 7) is 10.9. The van der Waals surface area contributed by atoms with Crippen molar-refractivity contribution in [3.63, 3.8) is 0 Å². The highest BCUT2D eigenvalue weighted by Gasteiger charge is 2.33. The van der Waals surface area contributed by atoms with Gasteiger partial charge in [0.25, 0.3) is 0 Å². The lowest BCUT2D eigenvalue weighted by atomic mass is 9.97. The van der Waals surface area contributed by atoms with Gasteiger partial charge in [-0.25, -0.2) is 4.79 Å². The number of thiol groups is 1. The van der Waals surface area contributed by atoms with Crippen LogP contribution in [0.5, 0.6) is 0 Å². The van der Waals surface area contributed by atoms with Crippen LogP contribution in [-0.2, 0) is 19.2 Å². The Hall–Kier alpha value is -1.81. The third-order valence-electron chi connectivity index (χ3n) is 4.90. The molecule has 0 saturated carbocycles. The van der Waals surface area contributed by atoms with E-state index in [0.717, 1.165) is 0 Å². The minimum atomic E-state index is -1.13. The monoisotopic (exact) mass is 446 g/mol. The fourth-order valence-electron chi connectivity index (χ4n) is 2.80. The van der Waals surface area contributed by atoms with E-state index in [1.54, 1.807) is 20.8 Å². The van der Waals surface area contributed by atoms with Gasteiger partial charge in [-0.15, -0.1) is 0 Å². The minimum absolute atomic E-state index is 0.0169. The Labute approximate surface area is 184 Å². The average Bonchev–Trinajstić information content (AvgIpc) is 2.65. The summed E-state index contributed by atoms with van der Waals surface area (Å²) in [5.41, 5.74) is 5.86. The molecule has 0 spiro atoms. The van der Waals surface area contributed by atoms with Gasteiger partial charge < -0.3 is 26.8 Å². The number of carbonyl (C=O) groups excluding carboxylic acids is 3. The third-order valence-corrected chi connectivity index (χ3v) is 5.27. The number of rotatable bonds is 13. The first kappa shape index (κ1) is 28.2. The molecule has 0 fully saturated rings. The van der Waals surface area contributed by atoms with E-state index in [1.165, 1.54) is 0 Å². The molecule has 0 saturated heterocycles. The molecule has 0 aliphatic carbocycles. The molecule has 6 N–H and O–H groups in total. The fraction of sp³-hybridized carbons (Fsp3) is 0.800. The first-order chi connectivity index (χ1) is 13.8. The largest absolute Gasteiger partial charge is 0.480 e. The van der Waals surface area contributed by atoms with E-state index in [1.807, 2.05) is 20.8 Å². The Morgan fingerprint density at radius 2 is 1.43 bits per heavy atom. The van der Waals surface area contributed by atoms with Crippen LogP contribution in [0.15, 0.2) is 0 Å². The number of carboxylic acid groups (broad SMARTS) is 1. The zero-order valence-electron chi connectivity index (χ0n) is 18.8. The van der Waals surface area contributed by atoms with Crippen molar-refractivity contribution < 1.29 is 24.3 Å². The average molecular weight is 447 g/mol. The number of carboxylic acids is 1. The topological polar surface area (TPSA) is 151 Å². The Morgan fingerprint density at radius 1 is 0.900 bits per heavy atom. The summed E-state index contributed by atoms with van der Waals surface area (Å²) in [4.78, 5) is 49.1. The Bertz CT molecular complexity index is 600. The van der Waals surface area contributed by atoms with Crippen molar-refractivity contribution in [1.82, 2.24) is 16.0 Å². The van der Waals surface area contributed by atoms with Crippen molar-refractivity contribution in [2.24, 2.45) is 23.5 Å². The van der Waals surface area contributed by atoms with Crippen molar-refractivity contribution >= 4 is 36.3 Å². The number of carbonyl (C=O) groups is 4. The first-order valence-electron chi connectivity index (χ1n) is 10.4. The van der Waals surface area contributed by atoms with Gasteiger partial charge in [0.05, 0.1) is 6.04 Å². The summed E-state index contributed by atoms with van der Waals surface area (Å²) in [6, 6.07) is -3.75. The van der Waals surface area contributed by atoms with Gasteiger partial charge >= 0.3 is 5.97 Å². The smallest absolute Gasteiger partial charge is 0.326 e. The second kappa shape index (κ2) is 13.5. The Morgan fingerprint density at radius 3 is 1.83 bits per heavy atom. The Balaban J connectivity index is 5.21. The van der Waals surface area contributed by atoms with Gasteiger partial charge in [0.1, 0.15) is 18.1 Å². The quantitative estimate of drug-likeness (QED) is 0.227. The van der Waals surface area contributed by atoms with Gasteiger partial charge in [0, 0.05) is 5.75 Å². The van der Waals surface area contributed by atoms with Crippen molar-refractivity contribution in [2.45, 2.75) is 78.6 Å². The highest BCUT2D eigenvalue weighted by Crippen LogP contribution is 2.10. The lowest BCUT2D eigenvalue weighted by Gasteiger charge is -2.28. The SMILES string of the molecule is CCC(C)C(NC(=O)C(NC(=O)C(CS)NC(=O)C(N)CC(C)C)C(C)C)C(=O)O. The first-order valence-corrected chi connectivity index (χ1v) is 11.0. The predicted molar refractivity (Wildman–Crippen MR) is 119 cm³/mol. The van der Waals surface area contributed by atoms with E-state index in [9.17, 15) is 24.3 Å². The van der Waals surface area contributed by atoms with E-state index >= 15 is 0 Å². The van der Waals surface area contributed by atoms with Gasteiger partial charge in [-0.05, 0) is 24.2 Å². The summed E-state index contributed by atoms with van der Waals surface area (Å²) >= 11 is 4.12. The van der Waals surface area contributed by atoms with Crippen LogP contribution in [0.2, 0.25) is 0 Å². The van der Waals surface area contributed by atoms with E-state index in [4.69, 9.17) is 5.73 Å². The molecule has 0 heterocycles. The maximum atomic E-state index is 12.7. The van der Waals surface area contributed by atoms with Crippen LogP contribution >= 0.6 is 12.6 Å². The normalized spacial score (nSPS) is 16.3. The van der Waals surface area contributed by atoms with Gasteiger partial charge in [0.15, 0.2) is 0 Å². The van der Waals surface area contributed by atoms with Crippen LogP contribution in [0.3, 0.4) is 0 Å². The van der Waals surface area contributed by atoms with Crippen LogP contribution in [0.25, 0.3) is 0 Å². The van der Waals surface area contributed by atoms with E-state index < -0.39 is 47.9 Å². The summed E-state index contributed by atoms with van der Waals surface area (Å²) in [7, 11) is 0. The number of nitrogens with one attached hydrogen (secondary N) is 3. The summed E-state index contributed by atoms with van der Waals surface area (Å²) in [6.07, 6.45) is 1.04. The molecule has 9 nitrogen and oxygen atoms in total. The molecule has 0 aliphatic heterocycles. The molecule has 0 aromatic carbocycles. The van der Waals surface area contributed by atoms with Crippen molar-refractivity contribution in [2.75, 3.05) is 5.75 Å². The van der Waals surface area contributed by atoms with Crippen LogP contribution in [0.4, 0.5) is 0 Å². The van der Waals surface area contributed by atoms with E-state index in [-0.39, 0.29) is 23.5 Å². The molecule has 0 aromatic heterocycles. The molecular weight excluding hydrogens is 408 g/mol. The van der Waals surface area contributed by atoms with Crippen molar-refractivity contribution in [3.05, 3.63) is 0 Å². The molecule has 0 radical (unpaired) electrons. The minimum Gasteiger partial charge on any atom is -0.480 e. The zero-order chi connectivity index (χ0) is 23.6. The lowest BCUT2D eigenvalue weighted by Crippen LogP contribution is -2.59. The number of nitrogens with two attached hydrogens (primary N) is 1. The molecule has 10 heteroatoms. The maximum Gasteiger partial charge on any atom is 0.326 e. The van der Waals surface area contributed by atoms with Gasteiger partial charge in [-0.2, -0.15) is 12.6 Å². The van der Waals surface area contributed by atoms with Crippen LogP contribution in [-0.4, -0.2) is 58.7 Å². The second-order valence-corrected chi connectivity index (χ2v) is 8.79. The van der Waals surface area contributed by atoms with Gasteiger partial charge in [0.2, 0.25) is 17.7 Å². The predicted octanol–water partition coefficient (Wildman–Crippen LogP) is 0.531. The standard InChI is InChI=1S/C20H38N4O5S/c1-7-12(6)16(20(28)29)24-19(27)15(11(4)5)23-18(26)14(9-30)22-17(25)13(21)8-10(2)3/h10-16,30H,7-9,21H2,1-6H3,(H,22,25)(H,23,26)(H,24,27)(H,28,29). The van der Waals surface area contributed by atoms with Crippen molar-refractivity contribution in [3.8, 4) is 0 Å². The van der Waals surface area contributed by atoms with Gasteiger partial charge in [-0.3, -0.25) is 14.4 Å². The fourth-order valence-corrected chi connectivity index (χ4v) is 3.06. The highest BCUT2D eigenvalue weighted by atomic mass is 32.1. The number of aliphatic carboxylic acids is 1. The zero-order valence-corrected chi connectivity index (χ0v) is 19.7. The molecule has 5 atom stereocenters. The molecule has 30 heavy (non-hydrogen) atoms. The number of hydrogen-bond donors (Lipinski definition) is 6. The third kappa shape index (κ3) is 9.34. The summed E-state index contributed by atoms with van der Waals surface area (Å²) in [5, 5.41) is 17.1. The molecule has 0 aromatic rings. The van der Waals surface area contributed by atoms with Crippen LogP contribution in [0.1, 0.15) is 54.4 Å². The molecule has 0 aliphatic rings. The molecule has 0 bridgehead atoms. The highest BCUT2D eigenvalue weighted by molar-refractivity contribution is 7.80. The van der Waals surface area contributed by atoms with Crippen molar-refractivity contribution in [1.29, 1.82) is 0 Å². The second-order valence-electron chi connectivity index (χ2n) is 8.42.